The average Bonchev–Trinajstić information content (AvgIpc) is 3.03. The Labute approximate surface area is 157 Å². The van der Waals surface area contributed by atoms with Gasteiger partial charge in [-0.1, -0.05) is 51.8 Å². The molecule has 0 saturated carbocycles. The van der Waals surface area contributed by atoms with Gasteiger partial charge in [0.15, 0.2) is 0 Å². The maximum Gasteiger partial charge on any atom is 0.416 e. The molecule has 130 valence electrons. The number of benzene rings is 2. The van der Waals surface area contributed by atoms with Gasteiger partial charge in [0.1, 0.15) is 0 Å². The van der Waals surface area contributed by atoms with E-state index >= 15 is 0 Å². The van der Waals surface area contributed by atoms with E-state index in [1.54, 1.807) is 0 Å². The molecule has 0 aromatic heterocycles. The minimum atomic E-state index is -4.40. The molecule has 0 radical (unpaired) electrons. The number of hydrogen-bond acceptors (Lipinski definition) is 1. The maximum atomic E-state index is 13.5. The summed E-state index contributed by atoms with van der Waals surface area (Å²) in [5, 5.41) is 3.62. The van der Waals surface area contributed by atoms with Crippen LogP contribution in [0.25, 0.3) is 0 Å². The Morgan fingerprint density at radius 3 is 2.68 bits per heavy atom. The van der Waals surface area contributed by atoms with Crippen LogP contribution in [0.3, 0.4) is 0 Å². The van der Waals surface area contributed by atoms with E-state index in [0.29, 0.717) is 10.7 Å². The van der Waals surface area contributed by atoms with Crippen LogP contribution in [0.5, 0.6) is 0 Å². The zero-order chi connectivity index (χ0) is 17.8. The topological polar surface area (TPSA) is 12.0 Å². The van der Waals surface area contributed by atoms with Crippen molar-refractivity contribution < 1.29 is 13.2 Å². The van der Waals surface area contributed by atoms with E-state index in [2.05, 4.69) is 21.2 Å². The molecule has 2 aromatic carbocycles. The van der Waals surface area contributed by atoms with Crippen LogP contribution in [-0.2, 0) is 6.18 Å². The van der Waals surface area contributed by atoms with Crippen LogP contribution in [0.15, 0.2) is 53.0 Å². The highest BCUT2D eigenvalue weighted by molar-refractivity contribution is 9.10. The van der Waals surface area contributed by atoms with Crippen molar-refractivity contribution in [3.8, 4) is 0 Å². The molecule has 0 unspecified atom stereocenters. The number of nitrogens with one attached hydrogen (secondary N) is 1. The van der Waals surface area contributed by atoms with Gasteiger partial charge in [0.05, 0.1) is 22.3 Å². The maximum absolute atomic E-state index is 13.5. The average molecular weight is 429 g/mol. The van der Waals surface area contributed by atoms with Crippen LogP contribution in [0.1, 0.15) is 35.1 Å². The van der Waals surface area contributed by atoms with Crippen LogP contribution in [0.2, 0.25) is 5.02 Å². The predicted octanol–water partition coefficient (Wildman–Crippen LogP) is 6.95. The fourth-order valence-electron chi connectivity index (χ4n) is 3.95. The number of rotatable bonds is 1. The second-order valence-corrected chi connectivity index (χ2v) is 7.73. The number of halogens is 5. The van der Waals surface area contributed by atoms with Crippen LogP contribution >= 0.6 is 27.5 Å². The molecule has 2 aromatic rings. The Kier molecular flexibility index (Phi) is 4.12. The second kappa shape index (κ2) is 6.06. The molecule has 25 heavy (non-hydrogen) atoms. The third-order valence-electron chi connectivity index (χ3n) is 4.98. The van der Waals surface area contributed by atoms with Crippen molar-refractivity contribution in [2.45, 2.75) is 24.6 Å². The Hall–Kier alpha value is -1.46. The highest BCUT2D eigenvalue weighted by atomic mass is 79.9. The van der Waals surface area contributed by atoms with Gasteiger partial charge < -0.3 is 5.32 Å². The molecule has 0 fully saturated rings. The first-order chi connectivity index (χ1) is 11.9. The Bertz CT molecular complexity index is 862. The lowest BCUT2D eigenvalue weighted by Crippen LogP contribution is -2.31. The molecule has 1 aliphatic heterocycles. The van der Waals surface area contributed by atoms with E-state index in [0.717, 1.165) is 22.5 Å². The summed E-state index contributed by atoms with van der Waals surface area (Å²) in [4.78, 5) is 0. The third kappa shape index (κ3) is 2.87. The van der Waals surface area contributed by atoms with Crippen molar-refractivity contribution in [1.29, 1.82) is 0 Å². The van der Waals surface area contributed by atoms with Crippen LogP contribution in [0, 0.1) is 5.92 Å². The molecule has 1 N–H and O–H groups in total. The van der Waals surface area contributed by atoms with Gasteiger partial charge in [-0.05, 0) is 47.7 Å². The molecule has 2 aliphatic rings. The number of hydrogen-bond donors (Lipinski definition) is 1. The highest BCUT2D eigenvalue weighted by Crippen LogP contribution is 2.54. The number of alkyl halides is 3. The van der Waals surface area contributed by atoms with Crippen LogP contribution in [0.4, 0.5) is 18.9 Å². The fraction of sp³-hybridized carbons (Fsp3) is 0.263. The molecule has 0 amide bonds. The van der Waals surface area contributed by atoms with Gasteiger partial charge in [-0.3, -0.25) is 0 Å². The van der Waals surface area contributed by atoms with Crippen molar-refractivity contribution in [2.75, 3.05) is 5.32 Å². The largest absolute Gasteiger partial charge is 0.416 e. The summed E-state index contributed by atoms with van der Waals surface area (Å²) in [5.74, 6) is -0.267. The minimum absolute atomic E-state index is 0.0290. The van der Waals surface area contributed by atoms with E-state index in [4.69, 9.17) is 11.6 Å². The van der Waals surface area contributed by atoms with E-state index < -0.39 is 11.7 Å². The molecule has 6 heteroatoms. The molecule has 1 aliphatic carbocycles. The lowest BCUT2D eigenvalue weighted by molar-refractivity contribution is -0.138. The first-order valence-corrected chi connectivity index (χ1v) is 9.11. The van der Waals surface area contributed by atoms with Gasteiger partial charge in [-0.15, -0.1) is 0 Å². The summed E-state index contributed by atoms with van der Waals surface area (Å²) in [7, 11) is 0. The van der Waals surface area contributed by atoms with Crippen LogP contribution < -0.4 is 5.32 Å². The molecule has 1 nitrogen and oxygen atoms in total. The van der Waals surface area contributed by atoms with Crippen molar-refractivity contribution in [2.24, 2.45) is 5.92 Å². The standard InChI is InChI=1S/C19H14BrClF3N/c20-11-4-1-3-10(9-11)17-13-6-2-5-12(13)16-14(19(22,23)24)7-8-15(21)18(16)25-17/h1-5,7-9,12-13,17,25H,6H2/t12-,13-,17-/m1/s1. The SMILES string of the molecule is FC(F)(F)c1ccc(Cl)c2c1[C@@H]1C=CC[C@H]1[C@@H](c1cccc(Br)c1)N2. The fourth-order valence-corrected chi connectivity index (χ4v) is 4.59. The number of fused-ring (bicyclic) bond motifs is 3. The molecule has 3 atom stereocenters. The molecular weight excluding hydrogens is 415 g/mol. The van der Waals surface area contributed by atoms with Crippen molar-refractivity contribution in [3.63, 3.8) is 0 Å². The first-order valence-electron chi connectivity index (χ1n) is 7.94. The summed E-state index contributed by atoms with van der Waals surface area (Å²) >= 11 is 9.74. The Balaban J connectivity index is 1.88. The minimum Gasteiger partial charge on any atom is -0.376 e. The van der Waals surface area contributed by atoms with Gasteiger partial charge in [0.2, 0.25) is 0 Å². The van der Waals surface area contributed by atoms with Gasteiger partial charge in [0, 0.05) is 10.4 Å². The smallest absolute Gasteiger partial charge is 0.376 e. The monoisotopic (exact) mass is 427 g/mol. The summed E-state index contributed by atoms with van der Waals surface area (Å²) < 4.78 is 41.5. The summed E-state index contributed by atoms with van der Waals surface area (Å²) in [6, 6.07) is 10.2. The summed E-state index contributed by atoms with van der Waals surface area (Å²) in [5.41, 5.74) is 1.10. The number of anilines is 1. The van der Waals surface area contributed by atoms with E-state index in [1.165, 1.54) is 6.07 Å². The highest BCUT2D eigenvalue weighted by Gasteiger charge is 2.44. The molecule has 0 spiro atoms. The lowest BCUT2D eigenvalue weighted by atomic mass is 9.75. The van der Waals surface area contributed by atoms with E-state index in [9.17, 15) is 13.2 Å². The molecular formula is C19H14BrClF3N. The molecule has 1 heterocycles. The predicted molar refractivity (Wildman–Crippen MR) is 96.9 cm³/mol. The van der Waals surface area contributed by atoms with Crippen molar-refractivity contribution in [3.05, 3.63) is 74.7 Å². The molecule has 0 bridgehead atoms. The third-order valence-corrected chi connectivity index (χ3v) is 5.79. The lowest BCUT2D eigenvalue weighted by Gasteiger charge is -2.39. The van der Waals surface area contributed by atoms with Crippen molar-refractivity contribution in [1.82, 2.24) is 0 Å². The van der Waals surface area contributed by atoms with Gasteiger partial charge in [0.25, 0.3) is 0 Å². The van der Waals surface area contributed by atoms with E-state index in [1.807, 2.05) is 36.4 Å². The molecule has 4 rings (SSSR count). The van der Waals surface area contributed by atoms with Gasteiger partial charge in [-0.25, -0.2) is 0 Å². The van der Waals surface area contributed by atoms with Gasteiger partial charge in [-0.2, -0.15) is 13.2 Å². The quantitative estimate of drug-likeness (QED) is 0.485. The second-order valence-electron chi connectivity index (χ2n) is 6.41. The zero-order valence-electron chi connectivity index (χ0n) is 12.9. The summed E-state index contributed by atoms with van der Waals surface area (Å²) in [6.45, 7) is 0. The first kappa shape index (κ1) is 17.0. The van der Waals surface area contributed by atoms with Crippen molar-refractivity contribution >= 4 is 33.2 Å². The zero-order valence-corrected chi connectivity index (χ0v) is 15.3. The van der Waals surface area contributed by atoms with Gasteiger partial charge >= 0.3 is 6.18 Å². The molecule has 0 saturated heterocycles. The van der Waals surface area contributed by atoms with Crippen LogP contribution in [-0.4, -0.2) is 0 Å². The number of allylic oxidation sites excluding steroid dienone is 2. The van der Waals surface area contributed by atoms with E-state index in [-0.39, 0.29) is 23.4 Å². The normalized spacial score (nSPS) is 24.6. The summed E-state index contributed by atoms with van der Waals surface area (Å²) in [6.07, 6.45) is 0.192. The Morgan fingerprint density at radius 2 is 1.96 bits per heavy atom. The Morgan fingerprint density at radius 1 is 1.16 bits per heavy atom.